The average Bonchev–Trinajstić information content (AvgIpc) is 3.09. The van der Waals surface area contributed by atoms with Gasteiger partial charge in [-0.1, -0.05) is 63.2 Å². The zero-order chi connectivity index (χ0) is 33.8. The number of rotatable bonds is 12. The first-order valence-electron chi connectivity index (χ1n) is 15.3. The van der Waals surface area contributed by atoms with Crippen molar-refractivity contribution in [1.82, 2.24) is 5.32 Å². The number of aliphatic hydroxyl groups is 1. The molecule has 0 spiro atoms. The summed E-state index contributed by atoms with van der Waals surface area (Å²) in [6, 6.07) is 18.3. The van der Waals surface area contributed by atoms with E-state index in [9.17, 15) is 24.6 Å². The fourth-order valence-corrected chi connectivity index (χ4v) is 5.47. The second-order valence-electron chi connectivity index (χ2n) is 13.1. The largest absolute Gasteiger partial charge is 0.478 e. The lowest BCUT2D eigenvalue weighted by Crippen LogP contribution is -2.46. The minimum atomic E-state index is -1.36. The van der Waals surface area contributed by atoms with Gasteiger partial charge in [0.25, 0.3) is 5.91 Å². The number of carboxylic acid groups (broad SMARTS) is 1. The molecule has 254 valence electrons. The molecule has 0 aromatic heterocycles. The van der Waals surface area contributed by atoms with Crippen molar-refractivity contribution in [2.45, 2.75) is 79.6 Å². The number of aryl methyl sites for hydroxylation is 1. The van der Waals surface area contributed by atoms with E-state index in [4.69, 9.17) is 21.1 Å². The Labute approximate surface area is 282 Å². The fourth-order valence-electron chi connectivity index (χ4n) is 5.29. The van der Waals surface area contributed by atoms with E-state index in [-0.39, 0.29) is 38.8 Å². The van der Waals surface area contributed by atoms with Gasteiger partial charge in [0.2, 0.25) is 5.91 Å². The molecule has 0 radical (unpaired) electrons. The SMILES string of the molecule is C.Cc1cccc([C@H]2O[C@H](CC(=O)NCCc3ccc(OC(C)(C)C(=O)O)cc3)C(=O)N(CC(C)(C)CO)c3ccc(Cl)cc32)c1C. The molecule has 2 atom stereocenters. The Morgan fingerprint density at radius 3 is 2.34 bits per heavy atom. The predicted octanol–water partition coefficient (Wildman–Crippen LogP) is 6.42. The van der Waals surface area contributed by atoms with Crippen LogP contribution in [0, 0.1) is 19.3 Å². The van der Waals surface area contributed by atoms with Gasteiger partial charge >= 0.3 is 5.97 Å². The third-order valence-corrected chi connectivity index (χ3v) is 8.50. The Morgan fingerprint density at radius 1 is 1.02 bits per heavy atom. The molecule has 10 heteroatoms. The third-order valence-electron chi connectivity index (χ3n) is 8.27. The molecule has 47 heavy (non-hydrogen) atoms. The van der Waals surface area contributed by atoms with Crippen LogP contribution in [0.1, 0.15) is 75.5 Å². The summed E-state index contributed by atoms with van der Waals surface area (Å²) in [4.78, 5) is 40.4. The number of carboxylic acids is 1. The molecule has 2 amide bonds. The van der Waals surface area contributed by atoms with E-state index in [1.807, 2.05) is 58.0 Å². The average molecular weight is 667 g/mol. The lowest BCUT2D eigenvalue weighted by atomic mass is 9.91. The minimum absolute atomic E-state index is 0. The minimum Gasteiger partial charge on any atom is -0.478 e. The number of aliphatic carboxylic acids is 1. The lowest BCUT2D eigenvalue weighted by Gasteiger charge is -2.32. The van der Waals surface area contributed by atoms with Crippen LogP contribution in [0.3, 0.4) is 0 Å². The second-order valence-corrected chi connectivity index (χ2v) is 13.5. The Kier molecular flexibility index (Phi) is 12.2. The summed E-state index contributed by atoms with van der Waals surface area (Å²) < 4.78 is 12.1. The number of aliphatic hydroxyl groups excluding tert-OH is 1. The predicted molar refractivity (Wildman–Crippen MR) is 184 cm³/mol. The molecule has 0 fully saturated rings. The molecule has 0 saturated carbocycles. The monoisotopic (exact) mass is 666 g/mol. The number of nitrogens with one attached hydrogen (secondary N) is 1. The van der Waals surface area contributed by atoms with E-state index in [1.165, 1.54) is 13.8 Å². The van der Waals surface area contributed by atoms with E-state index < -0.39 is 29.2 Å². The van der Waals surface area contributed by atoms with Crippen LogP contribution in [0.15, 0.2) is 60.7 Å². The van der Waals surface area contributed by atoms with Gasteiger partial charge in [-0.15, -0.1) is 0 Å². The topological polar surface area (TPSA) is 125 Å². The number of amides is 2. The van der Waals surface area contributed by atoms with Gasteiger partial charge in [-0.25, -0.2) is 4.79 Å². The molecule has 3 N–H and O–H groups in total. The normalized spacial score (nSPS) is 16.5. The summed E-state index contributed by atoms with van der Waals surface area (Å²) >= 11 is 6.48. The highest BCUT2D eigenvalue weighted by Crippen LogP contribution is 2.42. The zero-order valence-corrected chi connectivity index (χ0v) is 28.0. The number of hydrogen-bond acceptors (Lipinski definition) is 6. The van der Waals surface area contributed by atoms with Gasteiger partial charge < -0.3 is 29.9 Å². The van der Waals surface area contributed by atoms with Gasteiger partial charge in [0.05, 0.1) is 6.42 Å². The molecular formula is C37H47ClN2O7. The number of halogens is 1. The van der Waals surface area contributed by atoms with Gasteiger partial charge in [0.1, 0.15) is 18.0 Å². The highest BCUT2D eigenvalue weighted by Gasteiger charge is 2.40. The number of benzene rings is 3. The molecule has 0 aliphatic carbocycles. The van der Waals surface area contributed by atoms with E-state index in [0.29, 0.717) is 35.0 Å². The maximum atomic E-state index is 14.2. The Bertz CT molecular complexity index is 1590. The molecule has 0 bridgehead atoms. The summed E-state index contributed by atoms with van der Waals surface area (Å²) in [6.45, 7) is 11.1. The number of carbonyl (C=O) groups is 3. The summed E-state index contributed by atoms with van der Waals surface area (Å²) in [5, 5.41) is 22.8. The number of carbonyl (C=O) groups excluding carboxylic acids is 2. The molecule has 1 aliphatic rings. The van der Waals surface area contributed by atoms with Gasteiger partial charge in [-0.2, -0.15) is 0 Å². The zero-order valence-electron chi connectivity index (χ0n) is 27.2. The molecule has 0 saturated heterocycles. The first kappa shape index (κ1) is 37.5. The van der Waals surface area contributed by atoms with Crippen molar-refractivity contribution in [3.8, 4) is 5.75 Å². The molecule has 0 unspecified atom stereocenters. The highest BCUT2D eigenvalue weighted by molar-refractivity contribution is 6.30. The summed E-state index contributed by atoms with van der Waals surface area (Å²) in [7, 11) is 0. The molecule has 3 aromatic rings. The fraction of sp³-hybridized carbons (Fsp3) is 0.432. The van der Waals surface area contributed by atoms with Gasteiger partial charge in [-0.3, -0.25) is 9.59 Å². The van der Waals surface area contributed by atoms with Crippen LogP contribution in [-0.2, 0) is 25.5 Å². The Morgan fingerprint density at radius 2 is 1.70 bits per heavy atom. The highest BCUT2D eigenvalue weighted by atomic mass is 35.5. The van der Waals surface area contributed by atoms with Crippen molar-refractivity contribution in [3.63, 3.8) is 0 Å². The molecule has 1 aliphatic heterocycles. The lowest BCUT2D eigenvalue weighted by molar-refractivity contribution is -0.152. The summed E-state index contributed by atoms with van der Waals surface area (Å²) in [6.07, 6.45) is -1.45. The Hall–Kier alpha value is -3.92. The molecule has 9 nitrogen and oxygen atoms in total. The first-order chi connectivity index (χ1) is 21.6. The van der Waals surface area contributed by atoms with Gasteiger partial charge in [-0.05, 0) is 86.7 Å². The molecular weight excluding hydrogens is 620 g/mol. The smallest absolute Gasteiger partial charge is 0.347 e. The van der Waals surface area contributed by atoms with Crippen LogP contribution in [0.25, 0.3) is 0 Å². The standard InChI is InChI=1S/C36H43ClN2O7.CH4/c1-22-8-7-9-27(23(22)2)32-28-18-25(37)12-15-29(28)39(20-35(3,4)21-40)33(42)30(45-32)19-31(41)38-17-16-24-10-13-26(14-11-24)46-36(5,6)34(43)44;/h7-15,18,30,32,40H,16-17,19-21H2,1-6H3,(H,38,41)(H,43,44);1H4/t30-,32-;/m1./s1. The molecule has 4 rings (SSSR count). The van der Waals surface area contributed by atoms with Crippen molar-refractivity contribution < 1.29 is 34.1 Å². The van der Waals surface area contributed by atoms with Crippen LogP contribution in [0.4, 0.5) is 5.69 Å². The van der Waals surface area contributed by atoms with E-state index in [2.05, 4.69) is 5.32 Å². The third kappa shape index (κ3) is 9.12. The number of anilines is 1. The van der Waals surface area contributed by atoms with Crippen molar-refractivity contribution in [2.24, 2.45) is 5.41 Å². The number of ether oxygens (including phenoxy) is 2. The van der Waals surface area contributed by atoms with E-state index in [0.717, 1.165) is 22.3 Å². The summed E-state index contributed by atoms with van der Waals surface area (Å²) in [5.41, 5.74) is 3.24. The summed E-state index contributed by atoms with van der Waals surface area (Å²) in [5.74, 6) is -1.35. The van der Waals surface area contributed by atoms with Crippen LogP contribution < -0.4 is 15.0 Å². The van der Waals surface area contributed by atoms with Crippen LogP contribution >= 0.6 is 11.6 Å². The van der Waals surface area contributed by atoms with E-state index in [1.54, 1.807) is 35.2 Å². The number of nitrogens with zero attached hydrogens (tertiary/aromatic N) is 1. The van der Waals surface area contributed by atoms with Crippen LogP contribution in [-0.4, -0.2) is 59.4 Å². The molecule has 3 aromatic carbocycles. The van der Waals surface area contributed by atoms with Crippen molar-refractivity contribution >= 4 is 35.1 Å². The maximum absolute atomic E-state index is 14.2. The van der Waals surface area contributed by atoms with Crippen molar-refractivity contribution in [3.05, 3.63) is 93.5 Å². The number of fused-ring (bicyclic) bond motifs is 1. The van der Waals surface area contributed by atoms with Crippen molar-refractivity contribution in [1.29, 1.82) is 0 Å². The maximum Gasteiger partial charge on any atom is 0.347 e. The second kappa shape index (κ2) is 15.3. The molecule has 1 heterocycles. The van der Waals surface area contributed by atoms with E-state index >= 15 is 0 Å². The van der Waals surface area contributed by atoms with Crippen LogP contribution in [0.5, 0.6) is 5.75 Å². The van der Waals surface area contributed by atoms with Crippen LogP contribution in [0.2, 0.25) is 5.02 Å². The Balaban J connectivity index is 0.00000600. The quantitative estimate of drug-likeness (QED) is 0.204. The van der Waals surface area contributed by atoms with Crippen molar-refractivity contribution in [2.75, 3.05) is 24.6 Å². The van der Waals surface area contributed by atoms with Gasteiger partial charge in [0, 0.05) is 41.4 Å². The first-order valence-corrected chi connectivity index (χ1v) is 15.7. The number of hydrogen-bond donors (Lipinski definition) is 3. The van der Waals surface area contributed by atoms with Gasteiger partial charge in [0.15, 0.2) is 5.60 Å².